The third-order valence-electron chi connectivity index (χ3n) is 2.82. The highest BCUT2D eigenvalue weighted by atomic mass is 32.1. The van der Waals surface area contributed by atoms with Crippen LogP contribution >= 0.6 is 11.5 Å². The van der Waals surface area contributed by atoms with Gasteiger partial charge in [0, 0.05) is 6.04 Å². The zero-order chi connectivity index (χ0) is 12.4. The summed E-state index contributed by atoms with van der Waals surface area (Å²) >= 11 is 1.31. The highest BCUT2D eigenvalue weighted by Gasteiger charge is 2.22. The van der Waals surface area contributed by atoms with Crippen LogP contribution in [-0.2, 0) is 13.0 Å². The Bertz CT molecular complexity index is 519. The average Bonchev–Trinajstić information content (AvgIpc) is 2.89. The minimum absolute atomic E-state index is 0.543. The Kier molecular flexibility index (Phi) is 3.33. The van der Waals surface area contributed by atoms with Crippen molar-refractivity contribution >= 4 is 11.5 Å². The summed E-state index contributed by atoms with van der Waals surface area (Å²) in [6.07, 6.45) is 4.42. The van der Waals surface area contributed by atoms with Crippen LogP contribution in [0.4, 0.5) is 0 Å². The van der Waals surface area contributed by atoms with E-state index in [2.05, 4.69) is 32.0 Å². The number of nitrogens with zero attached hydrogens (tertiary/aromatic N) is 4. The van der Waals surface area contributed by atoms with Crippen LogP contribution in [0.1, 0.15) is 37.8 Å². The van der Waals surface area contributed by atoms with Crippen LogP contribution in [-0.4, -0.2) is 25.8 Å². The Morgan fingerprint density at radius 3 is 3.00 bits per heavy atom. The maximum atomic E-state index is 5.64. The predicted molar refractivity (Wildman–Crippen MR) is 67.1 cm³/mol. The van der Waals surface area contributed by atoms with Crippen molar-refractivity contribution in [3.05, 3.63) is 11.6 Å². The summed E-state index contributed by atoms with van der Waals surface area (Å²) in [4.78, 5) is 0.905. The van der Waals surface area contributed by atoms with Crippen molar-refractivity contribution in [3.8, 4) is 10.8 Å². The van der Waals surface area contributed by atoms with Gasteiger partial charge in [0.05, 0.1) is 12.2 Å². The Morgan fingerprint density at radius 2 is 2.22 bits per heavy atom. The molecule has 3 rings (SSSR count). The zero-order valence-electron chi connectivity index (χ0n) is 10.2. The Morgan fingerprint density at radius 1 is 1.33 bits per heavy atom. The maximum absolute atomic E-state index is 5.64. The minimum atomic E-state index is 0.543. The third kappa shape index (κ3) is 2.56. The molecule has 7 heteroatoms. The second kappa shape index (κ2) is 5.11. The molecule has 0 aliphatic heterocycles. The molecule has 0 saturated heterocycles. The van der Waals surface area contributed by atoms with Gasteiger partial charge in [-0.25, -0.2) is 0 Å². The molecule has 18 heavy (non-hydrogen) atoms. The second-order valence-corrected chi connectivity index (χ2v) is 5.21. The summed E-state index contributed by atoms with van der Waals surface area (Å²) in [5.41, 5.74) is 0.952. The fourth-order valence-corrected chi connectivity index (χ4v) is 2.34. The Labute approximate surface area is 109 Å². The molecular formula is C11H15N5OS. The number of aryl methyl sites for hydroxylation is 1. The van der Waals surface area contributed by atoms with Crippen LogP contribution in [0.5, 0.6) is 0 Å². The summed E-state index contributed by atoms with van der Waals surface area (Å²) in [5, 5.41) is 15.6. The van der Waals surface area contributed by atoms with Crippen molar-refractivity contribution in [3.63, 3.8) is 0 Å². The third-order valence-corrected chi connectivity index (χ3v) is 3.58. The van der Waals surface area contributed by atoms with Crippen molar-refractivity contribution in [1.82, 2.24) is 25.1 Å². The molecular weight excluding hydrogens is 250 g/mol. The fraction of sp³-hybridized carbons (Fsp3) is 0.636. The second-order valence-electron chi connectivity index (χ2n) is 4.45. The first kappa shape index (κ1) is 11.7. The lowest BCUT2D eigenvalue weighted by atomic mass is 10.2. The highest BCUT2D eigenvalue weighted by Crippen LogP contribution is 2.26. The lowest BCUT2D eigenvalue weighted by Gasteiger charge is -1.96. The molecule has 0 radical (unpaired) electrons. The number of hydrogen-bond donors (Lipinski definition) is 1. The number of nitrogens with one attached hydrogen (secondary N) is 1. The van der Waals surface area contributed by atoms with E-state index in [1.165, 1.54) is 24.4 Å². The predicted octanol–water partition coefficient (Wildman–Crippen LogP) is 1.79. The molecule has 0 unspecified atom stereocenters. The van der Waals surface area contributed by atoms with Gasteiger partial charge in [-0.1, -0.05) is 17.8 Å². The van der Waals surface area contributed by atoms with Gasteiger partial charge < -0.3 is 9.73 Å². The van der Waals surface area contributed by atoms with Gasteiger partial charge in [0.1, 0.15) is 4.88 Å². The van der Waals surface area contributed by atoms with Crippen molar-refractivity contribution < 1.29 is 4.42 Å². The first-order valence-corrected chi connectivity index (χ1v) is 7.01. The lowest BCUT2D eigenvalue weighted by molar-refractivity contribution is 0.476. The number of aromatic nitrogens is 4. The van der Waals surface area contributed by atoms with Crippen molar-refractivity contribution in [2.24, 2.45) is 0 Å². The molecule has 2 aromatic heterocycles. The minimum Gasteiger partial charge on any atom is -0.418 e. The van der Waals surface area contributed by atoms with Crippen LogP contribution in [0.25, 0.3) is 10.8 Å². The molecule has 6 nitrogen and oxygen atoms in total. The molecule has 0 aromatic carbocycles. The maximum Gasteiger partial charge on any atom is 0.261 e. The van der Waals surface area contributed by atoms with Crippen LogP contribution in [0, 0.1) is 0 Å². The van der Waals surface area contributed by atoms with Gasteiger partial charge in [-0.15, -0.1) is 15.3 Å². The lowest BCUT2D eigenvalue weighted by Crippen LogP contribution is -2.15. The van der Waals surface area contributed by atoms with Crippen LogP contribution in [0.15, 0.2) is 4.42 Å². The first-order chi connectivity index (χ1) is 8.86. The Balaban J connectivity index is 1.72. The molecule has 1 aliphatic rings. The summed E-state index contributed by atoms with van der Waals surface area (Å²) in [6.45, 7) is 2.76. The summed E-state index contributed by atoms with van der Waals surface area (Å²) in [6, 6.07) is 0.640. The Hall–Kier alpha value is -1.34. The van der Waals surface area contributed by atoms with E-state index >= 15 is 0 Å². The topological polar surface area (TPSA) is 76.7 Å². The molecule has 1 N–H and O–H groups in total. The largest absolute Gasteiger partial charge is 0.418 e. The van der Waals surface area contributed by atoms with Gasteiger partial charge in [0.2, 0.25) is 5.89 Å². The van der Waals surface area contributed by atoms with Crippen LogP contribution < -0.4 is 5.32 Å². The first-order valence-electron chi connectivity index (χ1n) is 6.24. The van der Waals surface area contributed by atoms with Gasteiger partial charge in [-0.3, -0.25) is 0 Å². The smallest absolute Gasteiger partial charge is 0.261 e. The zero-order valence-corrected chi connectivity index (χ0v) is 11.0. The van der Waals surface area contributed by atoms with Crippen molar-refractivity contribution in [1.29, 1.82) is 0 Å². The van der Waals surface area contributed by atoms with Crippen molar-refractivity contribution in [2.45, 2.75) is 45.2 Å². The number of rotatable bonds is 6. The van der Waals surface area contributed by atoms with E-state index in [4.69, 9.17) is 4.42 Å². The molecule has 0 atom stereocenters. The van der Waals surface area contributed by atoms with Gasteiger partial charge >= 0.3 is 0 Å². The monoisotopic (exact) mass is 265 g/mol. The quantitative estimate of drug-likeness (QED) is 0.858. The van der Waals surface area contributed by atoms with Crippen LogP contribution in [0.3, 0.4) is 0 Å². The molecule has 0 amide bonds. The van der Waals surface area contributed by atoms with Crippen LogP contribution in [0.2, 0.25) is 0 Å². The van der Waals surface area contributed by atoms with E-state index in [0.29, 0.717) is 24.4 Å². The van der Waals surface area contributed by atoms with E-state index in [1.54, 1.807) is 0 Å². The molecule has 2 aromatic rings. The molecule has 96 valence electrons. The van der Waals surface area contributed by atoms with E-state index in [1.807, 2.05) is 0 Å². The van der Waals surface area contributed by atoms with Gasteiger partial charge in [-0.2, -0.15) is 0 Å². The van der Waals surface area contributed by atoms with Crippen molar-refractivity contribution in [2.75, 3.05) is 0 Å². The molecule has 1 fully saturated rings. The van der Waals surface area contributed by atoms with E-state index in [0.717, 1.165) is 23.4 Å². The highest BCUT2D eigenvalue weighted by molar-refractivity contribution is 7.09. The SMILES string of the molecule is CCCc1nnsc1-c1nnc(CNC2CC2)o1. The molecule has 1 aliphatic carbocycles. The average molecular weight is 265 g/mol. The summed E-state index contributed by atoms with van der Waals surface area (Å²) in [5.74, 6) is 1.17. The summed E-state index contributed by atoms with van der Waals surface area (Å²) in [7, 11) is 0. The molecule has 0 bridgehead atoms. The van der Waals surface area contributed by atoms with E-state index in [9.17, 15) is 0 Å². The molecule has 2 heterocycles. The van der Waals surface area contributed by atoms with Gasteiger partial charge in [0.25, 0.3) is 5.89 Å². The van der Waals surface area contributed by atoms with Gasteiger partial charge in [0.15, 0.2) is 0 Å². The van der Waals surface area contributed by atoms with E-state index in [-0.39, 0.29) is 0 Å². The number of hydrogen-bond acceptors (Lipinski definition) is 7. The molecule has 0 spiro atoms. The van der Waals surface area contributed by atoms with Gasteiger partial charge in [-0.05, 0) is 30.8 Å². The summed E-state index contributed by atoms with van der Waals surface area (Å²) < 4.78 is 9.60. The fourth-order valence-electron chi connectivity index (χ4n) is 1.71. The standard InChI is InChI=1S/C11H15N5OS/c1-2-3-8-10(18-16-13-8)11-15-14-9(17-11)6-12-7-4-5-7/h7,12H,2-6H2,1H3. The molecule has 1 saturated carbocycles. The van der Waals surface area contributed by atoms with E-state index < -0.39 is 0 Å². The normalized spacial score (nSPS) is 15.2.